The summed E-state index contributed by atoms with van der Waals surface area (Å²) >= 11 is 1.89. The largest absolute Gasteiger partial charge is 0.395 e. The van der Waals surface area contributed by atoms with Crippen LogP contribution >= 0.6 is 11.3 Å². The normalized spacial score (nSPS) is 19.4. The molecule has 0 spiro atoms. The molecule has 1 fully saturated rings. The van der Waals surface area contributed by atoms with Gasteiger partial charge >= 0.3 is 0 Å². The Morgan fingerprint density at radius 3 is 2.94 bits per heavy atom. The van der Waals surface area contributed by atoms with E-state index in [9.17, 15) is 0 Å². The first-order valence-corrected chi connectivity index (χ1v) is 7.01. The number of aryl methyl sites for hydroxylation is 2. The van der Waals surface area contributed by atoms with Crippen LogP contribution in [-0.2, 0) is 19.4 Å². The van der Waals surface area contributed by atoms with Crippen molar-refractivity contribution in [2.24, 2.45) is 0 Å². The molecule has 2 aliphatic rings. The minimum atomic E-state index is 0.265. The molecule has 1 N–H and O–H groups in total. The molecule has 0 saturated heterocycles. The van der Waals surface area contributed by atoms with Crippen LogP contribution in [0.2, 0.25) is 0 Å². The Labute approximate surface area is 100 Å². The van der Waals surface area contributed by atoms with E-state index < -0.39 is 0 Å². The number of thiazole rings is 1. The van der Waals surface area contributed by atoms with Crippen LogP contribution in [0.5, 0.6) is 0 Å². The molecule has 0 atom stereocenters. The number of aliphatic hydroxyl groups excluding tert-OH is 1. The van der Waals surface area contributed by atoms with Crippen LogP contribution in [-0.4, -0.2) is 34.2 Å². The summed E-state index contributed by atoms with van der Waals surface area (Å²) in [5.41, 5.74) is 1.35. The summed E-state index contributed by atoms with van der Waals surface area (Å²) in [4.78, 5) is 8.61. The summed E-state index contributed by atoms with van der Waals surface area (Å²) in [5, 5.41) is 10.3. The highest BCUT2D eigenvalue weighted by molar-refractivity contribution is 7.11. The van der Waals surface area contributed by atoms with Gasteiger partial charge in [-0.1, -0.05) is 0 Å². The summed E-state index contributed by atoms with van der Waals surface area (Å²) in [6, 6.07) is 0.714. The lowest BCUT2D eigenvalue weighted by molar-refractivity contribution is 0.183. The smallest absolute Gasteiger partial charge is 0.107 e. The van der Waals surface area contributed by atoms with Crippen LogP contribution in [0.25, 0.3) is 0 Å². The van der Waals surface area contributed by atoms with Gasteiger partial charge in [0.2, 0.25) is 0 Å². The van der Waals surface area contributed by atoms with Gasteiger partial charge in [-0.2, -0.15) is 0 Å². The predicted molar refractivity (Wildman–Crippen MR) is 64.7 cm³/mol. The van der Waals surface area contributed by atoms with Crippen LogP contribution in [0.15, 0.2) is 0 Å². The highest BCUT2D eigenvalue weighted by Gasteiger charge is 2.29. The molecular formula is C12H18N2OS. The van der Waals surface area contributed by atoms with Gasteiger partial charge in [-0.3, -0.25) is 4.90 Å². The molecule has 0 aromatic carbocycles. The van der Waals surface area contributed by atoms with Gasteiger partial charge in [0.05, 0.1) is 18.8 Å². The first-order chi connectivity index (χ1) is 7.86. The van der Waals surface area contributed by atoms with E-state index in [2.05, 4.69) is 4.90 Å². The van der Waals surface area contributed by atoms with Crippen molar-refractivity contribution in [2.75, 3.05) is 13.2 Å². The summed E-state index contributed by atoms with van der Waals surface area (Å²) in [6.07, 6.45) is 6.29. The fourth-order valence-electron chi connectivity index (χ4n) is 2.44. The zero-order chi connectivity index (χ0) is 11.0. The maximum absolute atomic E-state index is 9.05. The van der Waals surface area contributed by atoms with Gasteiger partial charge in [0, 0.05) is 17.5 Å². The lowest BCUT2D eigenvalue weighted by atomic mass is 10.4. The van der Waals surface area contributed by atoms with E-state index >= 15 is 0 Å². The zero-order valence-electron chi connectivity index (χ0n) is 9.48. The Balaban J connectivity index is 1.67. The number of nitrogens with zero attached hydrogens (tertiary/aromatic N) is 2. The van der Waals surface area contributed by atoms with E-state index in [0.717, 1.165) is 13.1 Å². The van der Waals surface area contributed by atoms with Gasteiger partial charge in [0.15, 0.2) is 0 Å². The average molecular weight is 238 g/mol. The second kappa shape index (κ2) is 4.43. The minimum Gasteiger partial charge on any atom is -0.395 e. The maximum Gasteiger partial charge on any atom is 0.107 e. The van der Waals surface area contributed by atoms with E-state index in [0.29, 0.717) is 6.04 Å². The van der Waals surface area contributed by atoms with Crippen molar-refractivity contribution in [1.29, 1.82) is 0 Å². The molecule has 2 aliphatic carbocycles. The van der Waals surface area contributed by atoms with Crippen molar-refractivity contribution >= 4 is 11.3 Å². The highest BCUT2D eigenvalue weighted by Crippen LogP contribution is 2.31. The summed E-state index contributed by atoms with van der Waals surface area (Å²) < 4.78 is 0. The highest BCUT2D eigenvalue weighted by atomic mass is 32.1. The van der Waals surface area contributed by atoms with Gasteiger partial charge in [0.1, 0.15) is 5.01 Å². The van der Waals surface area contributed by atoms with Gasteiger partial charge in [-0.05, 0) is 32.1 Å². The number of hydrogen-bond donors (Lipinski definition) is 1. The molecule has 0 amide bonds. The zero-order valence-corrected chi connectivity index (χ0v) is 10.3. The fraction of sp³-hybridized carbons (Fsp3) is 0.750. The number of aromatic nitrogens is 1. The van der Waals surface area contributed by atoms with Crippen LogP contribution in [0, 0.1) is 0 Å². The fourth-order valence-corrected chi connectivity index (χ4v) is 3.63. The quantitative estimate of drug-likeness (QED) is 0.846. The van der Waals surface area contributed by atoms with E-state index in [1.807, 2.05) is 11.3 Å². The van der Waals surface area contributed by atoms with Crippen molar-refractivity contribution in [3.05, 3.63) is 15.6 Å². The Kier molecular flexibility index (Phi) is 2.96. The number of fused-ring (bicyclic) bond motifs is 1. The van der Waals surface area contributed by atoms with Gasteiger partial charge < -0.3 is 5.11 Å². The van der Waals surface area contributed by atoms with E-state index in [1.165, 1.54) is 47.7 Å². The lowest BCUT2D eigenvalue weighted by Gasteiger charge is -2.19. The monoisotopic (exact) mass is 238 g/mol. The van der Waals surface area contributed by atoms with Crippen LogP contribution in [0.4, 0.5) is 0 Å². The van der Waals surface area contributed by atoms with E-state index in [4.69, 9.17) is 10.1 Å². The SMILES string of the molecule is OCCN(Cc1nc2c(s1)CCC2)C1CC1. The molecule has 1 heterocycles. The first-order valence-electron chi connectivity index (χ1n) is 6.19. The molecule has 88 valence electrons. The number of aliphatic hydroxyl groups is 1. The van der Waals surface area contributed by atoms with Crippen LogP contribution < -0.4 is 0 Å². The van der Waals surface area contributed by atoms with Crippen LogP contribution in [0.3, 0.4) is 0 Å². The molecule has 1 saturated carbocycles. The van der Waals surface area contributed by atoms with Crippen molar-refractivity contribution in [1.82, 2.24) is 9.88 Å². The summed E-state index contributed by atoms with van der Waals surface area (Å²) in [5.74, 6) is 0. The number of rotatable bonds is 5. The molecule has 3 nitrogen and oxygen atoms in total. The Morgan fingerprint density at radius 2 is 2.25 bits per heavy atom. The molecule has 4 heteroatoms. The summed E-state index contributed by atoms with van der Waals surface area (Å²) in [6.45, 7) is 2.01. The molecular weight excluding hydrogens is 220 g/mol. The molecule has 1 aromatic rings. The van der Waals surface area contributed by atoms with Gasteiger partial charge in [-0.25, -0.2) is 4.98 Å². The predicted octanol–water partition coefficient (Wildman–Crippen LogP) is 1.59. The van der Waals surface area contributed by atoms with Crippen molar-refractivity contribution < 1.29 is 5.11 Å². The molecule has 3 rings (SSSR count). The van der Waals surface area contributed by atoms with Crippen LogP contribution in [0.1, 0.15) is 34.8 Å². The Hall–Kier alpha value is -0.450. The van der Waals surface area contributed by atoms with Gasteiger partial charge in [-0.15, -0.1) is 11.3 Å². The Morgan fingerprint density at radius 1 is 1.38 bits per heavy atom. The van der Waals surface area contributed by atoms with Crippen molar-refractivity contribution in [3.8, 4) is 0 Å². The van der Waals surface area contributed by atoms with Crippen molar-refractivity contribution in [3.63, 3.8) is 0 Å². The van der Waals surface area contributed by atoms with Crippen molar-refractivity contribution in [2.45, 2.75) is 44.7 Å². The maximum atomic E-state index is 9.05. The molecule has 0 bridgehead atoms. The molecule has 0 radical (unpaired) electrons. The standard InChI is InChI=1S/C12H18N2OS/c15-7-6-14(9-4-5-9)8-12-13-10-2-1-3-11(10)16-12/h9,15H,1-8H2. The second-order valence-electron chi connectivity index (χ2n) is 4.76. The minimum absolute atomic E-state index is 0.265. The molecule has 0 unspecified atom stereocenters. The topological polar surface area (TPSA) is 36.4 Å². The first kappa shape index (κ1) is 10.7. The molecule has 16 heavy (non-hydrogen) atoms. The van der Waals surface area contributed by atoms with Gasteiger partial charge in [0.25, 0.3) is 0 Å². The van der Waals surface area contributed by atoms with E-state index in [-0.39, 0.29) is 6.61 Å². The third-order valence-corrected chi connectivity index (χ3v) is 4.57. The molecule has 1 aromatic heterocycles. The average Bonchev–Trinajstić information content (AvgIpc) is 2.90. The second-order valence-corrected chi connectivity index (χ2v) is 5.92. The van der Waals surface area contributed by atoms with E-state index in [1.54, 1.807) is 0 Å². The summed E-state index contributed by atoms with van der Waals surface area (Å²) in [7, 11) is 0. The lowest BCUT2D eigenvalue weighted by Crippen LogP contribution is -2.28. The Bertz CT molecular complexity index is 352. The number of hydrogen-bond acceptors (Lipinski definition) is 4. The third-order valence-electron chi connectivity index (χ3n) is 3.43. The third kappa shape index (κ3) is 2.14. The molecule has 0 aliphatic heterocycles.